The van der Waals surface area contributed by atoms with Gasteiger partial charge in [0.05, 0.1) is 6.61 Å². The summed E-state index contributed by atoms with van der Waals surface area (Å²) < 4.78 is 42.1. The number of unbranched alkanes of at least 4 members (excludes halogenated alkanes) is 1. The fraction of sp³-hybridized carbons (Fsp3) is 0.571. The SMILES string of the molecule is CCCCOc1ccc(C(CCC(F)(F)F)NN)cc1. The molecule has 1 aromatic carbocycles. The molecule has 1 atom stereocenters. The van der Waals surface area contributed by atoms with Crippen molar-refractivity contribution in [3.8, 4) is 5.75 Å². The summed E-state index contributed by atoms with van der Waals surface area (Å²) in [4.78, 5) is 0. The Balaban J connectivity index is 2.55. The van der Waals surface area contributed by atoms with Crippen molar-refractivity contribution in [2.45, 2.75) is 44.8 Å². The van der Waals surface area contributed by atoms with Crippen molar-refractivity contribution in [2.24, 2.45) is 5.84 Å². The number of hydrogen-bond donors (Lipinski definition) is 2. The van der Waals surface area contributed by atoms with Crippen LogP contribution in [0.1, 0.15) is 44.2 Å². The normalized spacial score (nSPS) is 13.2. The highest BCUT2D eigenvalue weighted by atomic mass is 19.4. The summed E-state index contributed by atoms with van der Waals surface area (Å²) in [5, 5.41) is 0. The summed E-state index contributed by atoms with van der Waals surface area (Å²) in [5.74, 6) is 6.04. The molecular weight excluding hydrogens is 269 g/mol. The molecule has 0 fully saturated rings. The molecule has 0 aliphatic carbocycles. The second-order valence-corrected chi connectivity index (χ2v) is 4.64. The Bertz CT molecular complexity index is 379. The molecule has 0 amide bonds. The number of nitrogens with one attached hydrogen (secondary N) is 1. The van der Waals surface area contributed by atoms with E-state index in [9.17, 15) is 13.2 Å². The van der Waals surface area contributed by atoms with Crippen LogP contribution in [0, 0.1) is 0 Å². The summed E-state index contributed by atoms with van der Waals surface area (Å²) in [6.45, 7) is 2.72. The van der Waals surface area contributed by atoms with Gasteiger partial charge in [-0.3, -0.25) is 11.3 Å². The highest BCUT2D eigenvalue weighted by Crippen LogP contribution is 2.28. The van der Waals surface area contributed by atoms with Crippen LogP contribution in [-0.4, -0.2) is 12.8 Å². The molecule has 114 valence electrons. The molecule has 0 aliphatic heterocycles. The van der Waals surface area contributed by atoms with E-state index < -0.39 is 18.6 Å². The van der Waals surface area contributed by atoms with Gasteiger partial charge in [-0.1, -0.05) is 25.5 Å². The van der Waals surface area contributed by atoms with Crippen LogP contribution in [0.3, 0.4) is 0 Å². The number of ether oxygens (including phenoxy) is 1. The van der Waals surface area contributed by atoms with Gasteiger partial charge in [-0.25, -0.2) is 0 Å². The lowest BCUT2D eigenvalue weighted by Crippen LogP contribution is -2.29. The molecule has 1 unspecified atom stereocenters. The van der Waals surface area contributed by atoms with Gasteiger partial charge in [0.15, 0.2) is 0 Å². The van der Waals surface area contributed by atoms with Gasteiger partial charge in [-0.15, -0.1) is 0 Å². The monoisotopic (exact) mass is 290 g/mol. The van der Waals surface area contributed by atoms with Crippen molar-refractivity contribution in [2.75, 3.05) is 6.61 Å². The van der Waals surface area contributed by atoms with Crippen LogP contribution < -0.4 is 16.0 Å². The molecule has 0 bridgehead atoms. The third-order valence-corrected chi connectivity index (χ3v) is 2.97. The molecule has 0 radical (unpaired) electrons. The zero-order valence-electron chi connectivity index (χ0n) is 11.5. The Labute approximate surface area is 117 Å². The molecular formula is C14H21F3N2O. The topological polar surface area (TPSA) is 47.3 Å². The zero-order valence-corrected chi connectivity index (χ0v) is 11.5. The predicted molar refractivity (Wildman–Crippen MR) is 72.2 cm³/mol. The lowest BCUT2D eigenvalue weighted by Gasteiger charge is -2.17. The molecule has 0 aliphatic rings. The maximum absolute atomic E-state index is 12.2. The highest BCUT2D eigenvalue weighted by molar-refractivity contribution is 5.29. The Morgan fingerprint density at radius 3 is 2.40 bits per heavy atom. The van der Waals surface area contributed by atoms with Gasteiger partial charge >= 0.3 is 6.18 Å². The van der Waals surface area contributed by atoms with E-state index in [-0.39, 0.29) is 6.42 Å². The second-order valence-electron chi connectivity index (χ2n) is 4.64. The van der Waals surface area contributed by atoms with Crippen LogP contribution >= 0.6 is 0 Å². The predicted octanol–water partition coefficient (Wildman–Crippen LogP) is 3.71. The Hall–Kier alpha value is -1.27. The van der Waals surface area contributed by atoms with Gasteiger partial charge in [0.2, 0.25) is 0 Å². The number of nitrogens with two attached hydrogens (primary N) is 1. The lowest BCUT2D eigenvalue weighted by atomic mass is 10.0. The first-order valence-electron chi connectivity index (χ1n) is 6.72. The zero-order chi connectivity index (χ0) is 15.0. The van der Waals surface area contributed by atoms with Crippen LogP contribution in [-0.2, 0) is 0 Å². The van der Waals surface area contributed by atoms with Gasteiger partial charge < -0.3 is 4.74 Å². The van der Waals surface area contributed by atoms with Crippen LogP contribution in [0.4, 0.5) is 13.2 Å². The Morgan fingerprint density at radius 2 is 1.90 bits per heavy atom. The Morgan fingerprint density at radius 1 is 1.25 bits per heavy atom. The van der Waals surface area contributed by atoms with E-state index in [2.05, 4.69) is 12.3 Å². The van der Waals surface area contributed by atoms with Crippen molar-refractivity contribution in [3.63, 3.8) is 0 Å². The number of hydrogen-bond acceptors (Lipinski definition) is 3. The molecule has 20 heavy (non-hydrogen) atoms. The van der Waals surface area contributed by atoms with E-state index in [1.807, 2.05) is 0 Å². The number of benzene rings is 1. The third-order valence-electron chi connectivity index (χ3n) is 2.97. The van der Waals surface area contributed by atoms with E-state index in [0.717, 1.165) is 18.4 Å². The summed E-state index contributed by atoms with van der Waals surface area (Å²) in [6, 6.07) is 6.47. The van der Waals surface area contributed by atoms with Crippen molar-refractivity contribution >= 4 is 0 Å². The van der Waals surface area contributed by atoms with Crippen LogP contribution in [0.5, 0.6) is 5.75 Å². The number of halogens is 3. The average molecular weight is 290 g/mol. The van der Waals surface area contributed by atoms with Crippen LogP contribution in [0.15, 0.2) is 24.3 Å². The van der Waals surface area contributed by atoms with Crippen molar-refractivity contribution < 1.29 is 17.9 Å². The van der Waals surface area contributed by atoms with Crippen LogP contribution in [0.2, 0.25) is 0 Å². The van der Waals surface area contributed by atoms with Gasteiger partial charge in [0, 0.05) is 12.5 Å². The fourth-order valence-corrected chi connectivity index (χ4v) is 1.78. The Kier molecular flexibility index (Phi) is 6.81. The van der Waals surface area contributed by atoms with Gasteiger partial charge in [-0.2, -0.15) is 13.2 Å². The first kappa shape index (κ1) is 16.8. The van der Waals surface area contributed by atoms with E-state index in [4.69, 9.17) is 10.6 Å². The molecule has 0 saturated heterocycles. The third kappa shape index (κ3) is 6.25. The number of alkyl halides is 3. The molecule has 0 aromatic heterocycles. The van der Waals surface area contributed by atoms with E-state index in [0.29, 0.717) is 12.4 Å². The van der Waals surface area contributed by atoms with E-state index >= 15 is 0 Å². The van der Waals surface area contributed by atoms with Crippen LogP contribution in [0.25, 0.3) is 0 Å². The maximum atomic E-state index is 12.2. The lowest BCUT2D eigenvalue weighted by molar-refractivity contribution is -0.136. The van der Waals surface area contributed by atoms with E-state index in [1.165, 1.54) is 0 Å². The number of rotatable bonds is 8. The van der Waals surface area contributed by atoms with Crippen molar-refractivity contribution in [1.82, 2.24) is 5.43 Å². The summed E-state index contributed by atoms with van der Waals surface area (Å²) in [5.41, 5.74) is 3.14. The minimum Gasteiger partial charge on any atom is -0.494 e. The molecule has 3 nitrogen and oxygen atoms in total. The minimum absolute atomic E-state index is 0.0873. The van der Waals surface area contributed by atoms with E-state index in [1.54, 1.807) is 24.3 Å². The first-order chi connectivity index (χ1) is 9.46. The molecule has 0 saturated carbocycles. The largest absolute Gasteiger partial charge is 0.494 e. The fourth-order valence-electron chi connectivity index (χ4n) is 1.78. The van der Waals surface area contributed by atoms with Gasteiger partial charge in [-0.05, 0) is 30.5 Å². The molecule has 3 N–H and O–H groups in total. The minimum atomic E-state index is -4.17. The van der Waals surface area contributed by atoms with Crippen molar-refractivity contribution in [1.29, 1.82) is 0 Å². The smallest absolute Gasteiger partial charge is 0.389 e. The second kappa shape index (κ2) is 8.11. The molecule has 0 heterocycles. The number of hydrazine groups is 1. The molecule has 0 spiro atoms. The highest BCUT2D eigenvalue weighted by Gasteiger charge is 2.28. The summed E-state index contributed by atoms with van der Waals surface area (Å²) >= 11 is 0. The maximum Gasteiger partial charge on any atom is 0.389 e. The van der Waals surface area contributed by atoms with Crippen molar-refractivity contribution in [3.05, 3.63) is 29.8 Å². The van der Waals surface area contributed by atoms with Gasteiger partial charge in [0.25, 0.3) is 0 Å². The van der Waals surface area contributed by atoms with Gasteiger partial charge in [0.1, 0.15) is 5.75 Å². The molecule has 6 heteroatoms. The standard InChI is InChI=1S/C14H21F3N2O/c1-2-3-10-20-12-6-4-11(5-7-12)13(19-18)8-9-14(15,16)17/h4-7,13,19H,2-3,8-10,18H2,1H3. The molecule has 1 rings (SSSR count). The molecule has 1 aromatic rings. The summed E-state index contributed by atoms with van der Waals surface area (Å²) in [7, 11) is 0. The summed E-state index contributed by atoms with van der Waals surface area (Å²) in [6.07, 6.45) is -3.10. The quantitative estimate of drug-likeness (QED) is 0.436. The first-order valence-corrected chi connectivity index (χ1v) is 6.72. The average Bonchev–Trinajstić information content (AvgIpc) is 2.40.